The second-order valence-corrected chi connectivity index (χ2v) is 8.53. The lowest BCUT2D eigenvalue weighted by Crippen LogP contribution is -2.56. The fourth-order valence-corrected chi connectivity index (χ4v) is 4.88. The Morgan fingerprint density at radius 3 is 2.37 bits per heavy atom. The van der Waals surface area contributed by atoms with Gasteiger partial charge in [0.1, 0.15) is 12.1 Å². The van der Waals surface area contributed by atoms with Crippen LogP contribution in [-0.2, 0) is 16.0 Å². The Morgan fingerprint density at radius 1 is 1.07 bits per heavy atom. The number of piperidine rings is 2. The maximum absolute atomic E-state index is 13.3. The Labute approximate surface area is 176 Å². The van der Waals surface area contributed by atoms with E-state index in [4.69, 9.17) is 5.11 Å². The summed E-state index contributed by atoms with van der Waals surface area (Å²) in [5.41, 5.74) is 0.526. The summed E-state index contributed by atoms with van der Waals surface area (Å²) in [4.78, 5) is 42.9. The molecule has 3 heterocycles. The summed E-state index contributed by atoms with van der Waals surface area (Å²) in [5, 5.41) is 12.0. The van der Waals surface area contributed by atoms with Crippen molar-refractivity contribution >= 4 is 17.8 Å². The van der Waals surface area contributed by atoms with Gasteiger partial charge in [0.25, 0.3) is 5.91 Å². The van der Waals surface area contributed by atoms with Crippen LogP contribution in [0.4, 0.5) is 4.79 Å². The summed E-state index contributed by atoms with van der Waals surface area (Å²) >= 11 is 0. The third-order valence-electron chi connectivity index (χ3n) is 6.78. The molecule has 1 aromatic rings. The van der Waals surface area contributed by atoms with E-state index in [9.17, 15) is 14.4 Å². The quantitative estimate of drug-likeness (QED) is 0.689. The van der Waals surface area contributed by atoms with Gasteiger partial charge in [0.2, 0.25) is 5.91 Å². The number of amides is 4. The summed E-state index contributed by atoms with van der Waals surface area (Å²) in [6, 6.07) is 9.88. The van der Waals surface area contributed by atoms with E-state index in [-0.39, 0.29) is 23.9 Å². The van der Waals surface area contributed by atoms with Crippen LogP contribution < -0.4 is 5.32 Å². The number of carbonyl (C=O) groups is 3. The van der Waals surface area contributed by atoms with Gasteiger partial charge < -0.3 is 20.2 Å². The first-order chi connectivity index (χ1) is 14.5. The van der Waals surface area contributed by atoms with E-state index in [1.165, 1.54) is 10.5 Å². The van der Waals surface area contributed by atoms with Crippen molar-refractivity contribution < 1.29 is 19.5 Å². The molecular formula is C22H30N4O4. The van der Waals surface area contributed by atoms with Gasteiger partial charge in [-0.2, -0.15) is 0 Å². The van der Waals surface area contributed by atoms with Crippen molar-refractivity contribution in [1.29, 1.82) is 0 Å². The largest absolute Gasteiger partial charge is 0.387 e. The van der Waals surface area contributed by atoms with Crippen molar-refractivity contribution in [3.8, 4) is 0 Å². The molecule has 0 bridgehead atoms. The molecule has 3 fully saturated rings. The molecule has 0 aliphatic carbocycles. The lowest BCUT2D eigenvalue weighted by atomic mass is 9.86. The van der Waals surface area contributed by atoms with Gasteiger partial charge in [-0.15, -0.1) is 0 Å². The average Bonchev–Trinajstić information content (AvgIpc) is 3.02. The lowest BCUT2D eigenvalue weighted by Gasteiger charge is -2.38. The number of hydrogen-bond acceptors (Lipinski definition) is 5. The molecule has 1 spiro atoms. The minimum atomic E-state index is -0.779. The average molecular weight is 415 g/mol. The molecule has 4 amide bonds. The van der Waals surface area contributed by atoms with Gasteiger partial charge in [-0.25, -0.2) is 4.79 Å². The Bertz CT molecular complexity index is 784. The number of benzene rings is 1. The highest BCUT2D eigenvalue weighted by Crippen LogP contribution is 2.32. The van der Waals surface area contributed by atoms with Gasteiger partial charge in [0.15, 0.2) is 0 Å². The standard InChI is InChI=1S/C22H30N4O4/c27-16-19(28)25-12-7-18(8-13-25)26-20(29)22(23-21(26)30)9-14-24(15-10-22)11-6-17-4-2-1-3-5-17/h1-5,18,27H,6-16H2,(H,23,30). The summed E-state index contributed by atoms with van der Waals surface area (Å²) < 4.78 is 0. The number of likely N-dealkylation sites (tertiary alicyclic amines) is 2. The van der Waals surface area contributed by atoms with E-state index in [0.29, 0.717) is 38.8 Å². The Kier molecular flexibility index (Phi) is 6.06. The molecule has 1 aromatic carbocycles. The van der Waals surface area contributed by atoms with Crippen molar-refractivity contribution in [3.63, 3.8) is 0 Å². The molecule has 30 heavy (non-hydrogen) atoms. The smallest absolute Gasteiger partial charge is 0.325 e. The van der Waals surface area contributed by atoms with Crippen molar-refractivity contribution in [1.82, 2.24) is 20.0 Å². The van der Waals surface area contributed by atoms with Crippen LogP contribution in [0.25, 0.3) is 0 Å². The predicted octanol–water partition coefficient (Wildman–Crippen LogP) is 0.599. The third kappa shape index (κ3) is 4.06. The van der Waals surface area contributed by atoms with Crippen molar-refractivity contribution in [2.24, 2.45) is 0 Å². The summed E-state index contributed by atoms with van der Waals surface area (Å²) in [6.07, 6.45) is 3.36. The second-order valence-electron chi connectivity index (χ2n) is 8.53. The summed E-state index contributed by atoms with van der Waals surface area (Å²) in [7, 11) is 0. The Hall–Kier alpha value is -2.45. The number of nitrogens with one attached hydrogen (secondary N) is 1. The molecule has 0 unspecified atom stereocenters. The van der Waals surface area contributed by atoms with E-state index in [2.05, 4.69) is 22.3 Å². The van der Waals surface area contributed by atoms with Crippen molar-refractivity contribution in [3.05, 3.63) is 35.9 Å². The molecule has 3 aliphatic rings. The van der Waals surface area contributed by atoms with Crippen LogP contribution in [-0.4, -0.2) is 88.6 Å². The molecule has 2 N–H and O–H groups in total. The molecule has 8 nitrogen and oxygen atoms in total. The van der Waals surface area contributed by atoms with Crippen molar-refractivity contribution in [2.75, 3.05) is 39.3 Å². The number of nitrogens with zero attached hydrogens (tertiary/aromatic N) is 3. The van der Waals surface area contributed by atoms with E-state index < -0.39 is 12.1 Å². The zero-order valence-corrected chi connectivity index (χ0v) is 17.3. The highest BCUT2D eigenvalue weighted by atomic mass is 16.3. The Balaban J connectivity index is 1.31. The molecule has 0 aromatic heterocycles. The van der Waals surface area contributed by atoms with E-state index >= 15 is 0 Å². The first-order valence-corrected chi connectivity index (χ1v) is 10.8. The van der Waals surface area contributed by atoms with Crippen molar-refractivity contribution in [2.45, 2.75) is 43.7 Å². The highest BCUT2D eigenvalue weighted by Gasteiger charge is 2.54. The van der Waals surface area contributed by atoms with E-state index in [1.54, 1.807) is 4.90 Å². The van der Waals surface area contributed by atoms with Crippen LogP contribution in [0.5, 0.6) is 0 Å². The molecule has 3 aliphatic heterocycles. The lowest BCUT2D eigenvalue weighted by molar-refractivity contribution is -0.137. The zero-order chi connectivity index (χ0) is 21.1. The first kappa shape index (κ1) is 20.8. The topological polar surface area (TPSA) is 93.2 Å². The molecule has 0 radical (unpaired) electrons. The highest BCUT2D eigenvalue weighted by molar-refractivity contribution is 6.07. The maximum Gasteiger partial charge on any atom is 0.325 e. The van der Waals surface area contributed by atoms with Gasteiger partial charge in [-0.05, 0) is 37.7 Å². The predicted molar refractivity (Wildman–Crippen MR) is 111 cm³/mol. The molecule has 3 saturated heterocycles. The van der Waals surface area contributed by atoms with E-state index in [0.717, 1.165) is 26.1 Å². The van der Waals surface area contributed by atoms with Crippen LogP contribution >= 0.6 is 0 Å². The maximum atomic E-state index is 13.3. The number of carbonyl (C=O) groups excluding carboxylic acids is 3. The number of hydrogen-bond donors (Lipinski definition) is 2. The number of aliphatic hydroxyl groups excluding tert-OH is 1. The minimum Gasteiger partial charge on any atom is -0.387 e. The van der Waals surface area contributed by atoms with Crippen LogP contribution in [0, 0.1) is 0 Å². The van der Waals surface area contributed by atoms with E-state index in [1.807, 2.05) is 18.2 Å². The fraction of sp³-hybridized carbons (Fsp3) is 0.591. The number of rotatable bonds is 5. The zero-order valence-electron chi connectivity index (χ0n) is 17.3. The second kappa shape index (κ2) is 8.73. The van der Waals surface area contributed by atoms with Crippen LogP contribution in [0.1, 0.15) is 31.2 Å². The minimum absolute atomic E-state index is 0.109. The summed E-state index contributed by atoms with van der Waals surface area (Å²) in [6.45, 7) is 2.94. The molecule has 4 rings (SSSR count). The normalized spacial score (nSPS) is 22.6. The number of imide groups is 1. The van der Waals surface area contributed by atoms with Crippen LogP contribution in [0.15, 0.2) is 30.3 Å². The van der Waals surface area contributed by atoms with Gasteiger partial charge in [-0.3, -0.25) is 14.5 Å². The first-order valence-electron chi connectivity index (χ1n) is 10.8. The molecule has 0 atom stereocenters. The van der Waals surface area contributed by atoms with Gasteiger partial charge >= 0.3 is 6.03 Å². The molecule has 0 saturated carbocycles. The number of urea groups is 1. The Morgan fingerprint density at radius 2 is 1.73 bits per heavy atom. The van der Waals surface area contributed by atoms with Crippen LogP contribution in [0.3, 0.4) is 0 Å². The molecular weight excluding hydrogens is 384 g/mol. The fourth-order valence-electron chi connectivity index (χ4n) is 4.88. The van der Waals surface area contributed by atoms with Crippen LogP contribution in [0.2, 0.25) is 0 Å². The SMILES string of the molecule is O=C(CO)N1CCC(N2C(=O)NC3(CCN(CCc4ccccc4)CC3)C2=O)CC1. The van der Waals surface area contributed by atoms with Gasteiger partial charge in [0.05, 0.1) is 0 Å². The van der Waals surface area contributed by atoms with Gasteiger partial charge in [-0.1, -0.05) is 30.3 Å². The monoisotopic (exact) mass is 414 g/mol. The van der Waals surface area contributed by atoms with Gasteiger partial charge in [0, 0.05) is 38.8 Å². The molecule has 162 valence electrons. The number of aliphatic hydroxyl groups is 1. The third-order valence-corrected chi connectivity index (χ3v) is 6.78. The summed E-state index contributed by atoms with van der Waals surface area (Å²) in [5.74, 6) is -0.410. The molecule has 8 heteroatoms.